The Kier molecular flexibility index (Phi) is 6.25. The quantitative estimate of drug-likeness (QED) is 0.479. The standard InChI is InChI=1S/C22H19NO5/c1-16(27-21(24)14-13-18-8-5-15-26-18)22(25)23-17-9-11-20(12-10-17)28-19-6-3-2-4-7-19/h2-16H,1H3,(H,23,25)/b14-13+. The minimum absolute atomic E-state index is 0.434. The fraction of sp³-hybridized carbons (Fsp3) is 0.0909. The second-order valence-corrected chi connectivity index (χ2v) is 5.86. The SMILES string of the molecule is CC(OC(=O)/C=C/c1ccco1)C(=O)Nc1ccc(Oc2ccccc2)cc1. The third kappa shape index (κ3) is 5.60. The summed E-state index contributed by atoms with van der Waals surface area (Å²) in [6.45, 7) is 1.50. The van der Waals surface area contributed by atoms with Crippen LogP contribution in [0.15, 0.2) is 83.5 Å². The lowest BCUT2D eigenvalue weighted by Gasteiger charge is -2.13. The smallest absolute Gasteiger partial charge is 0.331 e. The molecule has 3 rings (SSSR count). The Morgan fingerprint density at radius 2 is 1.68 bits per heavy atom. The van der Waals surface area contributed by atoms with Crippen LogP contribution in [-0.4, -0.2) is 18.0 Å². The third-order valence-corrected chi connectivity index (χ3v) is 3.69. The summed E-state index contributed by atoms with van der Waals surface area (Å²) in [5.41, 5.74) is 0.569. The van der Waals surface area contributed by atoms with E-state index < -0.39 is 18.0 Å². The second-order valence-electron chi connectivity index (χ2n) is 5.86. The van der Waals surface area contributed by atoms with Gasteiger partial charge in [0.2, 0.25) is 0 Å². The summed E-state index contributed by atoms with van der Waals surface area (Å²) >= 11 is 0. The number of nitrogens with one attached hydrogen (secondary N) is 1. The minimum atomic E-state index is -0.950. The molecule has 0 fully saturated rings. The molecular weight excluding hydrogens is 358 g/mol. The van der Waals surface area contributed by atoms with Crippen molar-refractivity contribution in [1.82, 2.24) is 0 Å². The van der Waals surface area contributed by atoms with Crippen molar-refractivity contribution in [3.63, 3.8) is 0 Å². The first-order valence-electron chi connectivity index (χ1n) is 8.66. The molecule has 0 aliphatic carbocycles. The third-order valence-electron chi connectivity index (χ3n) is 3.69. The lowest BCUT2D eigenvalue weighted by atomic mass is 10.2. The lowest BCUT2D eigenvalue weighted by Crippen LogP contribution is -2.29. The van der Waals surface area contributed by atoms with Gasteiger partial charge in [-0.2, -0.15) is 0 Å². The molecule has 1 N–H and O–H groups in total. The molecule has 6 nitrogen and oxygen atoms in total. The van der Waals surface area contributed by atoms with E-state index in [4.69, 9.17) is 13.9 Å². The van der Waals surface area contributed by atoms with Crippen LogP contribution >= 0.6 is 0 Å². The minimum Gasteiger partial charge on any atom is -0.465 e. The first kappa shape index (κ1) is 19.0. The van der Waals surface area contributed by atoms with Crippen molar-refractivity contribution in [3.05, 3.63) is 84.8 Å². The number of benzene rings is 2. The van der Waals surface area contributed by atoms with Gasteiger partial charge in [-0.05, 0) is 61.5 Å². The first-order valence-corrected chi connectivity index (χ1v) is 8.66. The zero-order valence-electron chi connectivity index (χ0n) is 15.2. The summed E-state index contributed by atoms with van der Waals surface area (Å²) in [5, 5.41) is 2.69. The molecule has 2 aromatic carbocycles. The Labute approximate surface area is 162 Å². The summed E-state index contributed by atoms with van der Waals surface area (Å²) < 4.78 is 15.9. The average Bonchev–Trinajstić information content (AvgIpc) is 3.22. The van der Waals surface area contributed by atoms with Gasteiger partial charge in [0.05, 0.1) is 6.26 Å². The van der Waals surface area contributed by atoms with Crippen LogP contribution < -0.4 is 10.1 Å². The molecule has 0 saturated heterocycles. The average molecular weight is 377 g/mol. The number of carbonyl (C=O) groups is 2. The second kappa shape index (κ2) is 9.23. The molecule has 1 heterocycles. The van der Waals surface area contributed by atoms with Crippen molar-refractivity contribution in [2.75, 3.05) is 5.32 Å². The van der Waals surface area contributed by atoms with Crippen LogP contribution in [0.4, 0.5) is 5.69 Å². The molecule has 1 atom stereocenters. The van der Waals surface area contributed by atoms with Crippen molar-refractivity contribution in [1.29, 1.82) is 0 Å². The lowest BCUT2D eigenvalue weighted by molar-refractivity contribution is -0.148. The van der Waals surface area contributed by atoms with E-state index in [1.165, 1.54) is 25.3 Å². The predicted octanol–water partition coefficient (Wildman–Crippen LogP) is 4.66. The molecule has 0 radical (unpaired) electrons. The summed E-state index contributed by atoms with van der Waals surface area (Å²) in [4.78, 5) is 24.0. The topological polar surface area (TPSA) is 77.8 Å². The molecule has 0 aliphatic rings. The van der Waals surface area contributed by atoms with E-state index >= 15 is 0 Å². The molecule has 28 heavy (non-hydrogen) atoms. The number of amides is 1. The van der Waals surface area contributed by atoms with E-state index in [0.717, 1.165) is 5.75 Å². The van der Waals surface area contributed by atoms with Gasteiger partial charge in [0.1, 0.15) is 17.3 Å². The van der Waals surface area contributed by atoms with Crippen molar-refractivity contribution < 1.29 is 23.5 Å². The number of carbonyl (C=O) groups excluding carboxylic acids is 2. The number of hydrogen-bond acceptors (Lipinski definition) is 5. The van der Waals surface area contributed by atoms with Gasteiger partial charge in [-0.3, -0.25) is 4.79 Å². The zero-order chi connectivity index (χ0) is 19.8. The van der Waals surface area contributed by atoms with Gasteiger partial charge >= 0.3 is 5.97 Å². The maximum absolute atomic E-state index is 12.2. The highest BCUT2D eigenvalue weighted by molar-refractivity contribution is 5.96. The van der Waals surface area contributed by atoms with Crippen LogP contribution in [0.25, 0.3) is 6.08 Å². The summed E-state index contributed by atoms with van der Waals surface area (Å²) in [7, 11) is 0. The number of anilines is 1. The number of hydrogen-bond donors (Lipinski definition) is 1. The maximum atomic E-state index is 12.2. The Morgan fingerprint density at radius 3 is 2.36 bits per heavy atom. The van der Waals surface area contributed by atoms with Crippen molar-refractivity contribution in [2.45, 2.75) is 13.0 Å². The van der Waals surface area contributed by atoms with Crippen LogP contribution in [0.5, 0.6) is 11.5 Å². The number of para-hydroxylation sites is 1. The molecule has 1 amide bonds. The van der Waals surface area contributed by atoms with Gasteiger partial charge in [0, 0.05) is 11.8 Å². The Morgan fingerprint density at radius 1 is 0.964 bits per heavy atom. The number of ether oxygens (including phenoxy) is 2. The number of rotatable bonds is 7. The number of furan rings is 1. The van der Waals surface area contributed by atoms with Gasteiger partial charge in [0.25, 0.3) is 5.91 Å². The highest BCUT2D eigenvalue weighted by Crippen LogP contribution is 2.22. The first-order chi connectivity index (χ1) is 13.6. The fourth-order valence-corrected chi connectivity index (χ4v) is 2.28. The zero-order valence-corrected chi connectivity index (χ0v) is 15.2. The molecule has 0 spiro atoms. The highest BCUT2D eigenvalue weighted by Gasteiger charge is 2.16. The number of esters is 1. The van der Waals surface area contributed by atoms with E-state index in [-0.39, 0.29) is 0 Å². The Bertz CT molecular complexity index is 931. The molecule has 6 heteroatoms. The van der Waals surface area contributed by atoms with Crippen molar-refractivity contribution >= 4 is 23.6 Å². The van der Waals surface area contributed by atoms with E-state index in [9.17, 15) is 9.59 Å². The molecule has 1 unspecified atom stereocenters. The van der Waals surface area contributed by atoms with Gasteiger partial charge in [-0.25, -0.2) is 4.79 Å². The van der Waals surface area contributed by atoms with Crippen molar-refractivity contribution in [3.8, 4) is 11.5 Å². The van der Waals surface area contributed by atoms with Crippen LogP contribution in [-0.2, 0) is 14.3 Å². The van der Waals surface area contributed by atoms with Crippen LogP contribution in [0.3, 0.4) is 0 Å². The molecule has 1 aromatic heterocycles. The predicted molar refractivity (Wildman–Crippen MR) is 105 cm³/mol. The van der Waals surface area contributed by atoms with Gasteiger partial charge in [-0.1, -0.05) is 18.2 Å². The van der Waals surface area contributed by atoms with Crippen molar-refractivity contribution in [2.24, 2.45) is 0 Å². The Hall–Kier alpha value is -3.80. The van der Waals surface area contributed by atoms with E-state index in [1.807, 2.05) is 30.3 Å². The van der Waals surface area contributed by atoms with Gasteiger partial charge in [0.15, 0.2) is 6.10 Å². The highest BCUT2D eigenvalue weighted by atomic mass is 16.5. The Balaban J connectivity index is 1.50. The molecule has 0 bridgehead atoms. The molecule has 3 aromatic rings. The molecule has 0 saturated carbocycles. The van der Waals surface area contributed by atoms with Crippen LogP contribution in [0, 0.1) is 0 Å². The summed E-state index contributed by atoms with van der Waals surface area (Å²) in [6, 6.07) is 19.7. The van der Waals surface area contributed by atoms with E-state index in [2.05, 4.69) is 5.32 Å². The summed E-state index contributed by atoms with van der Waals surface area (Å²) in [5.74, 6) is 0.822. The van der Waals surface area contributed by atoms with Crippen LogP contribution in [0.2, 0.25) is 0 Å². The summed E-state index contributed by atoms with van der Waals surface area (Å²) in [6.07, 6.45) is 3.22. The normalized spacial score (nSPS) is 11.8. The maximum Gasteiger partial charge on any atom is 0.331 e. The molecule has 142 valence electrons. The molecule has 0 aliphatic heterocycles. The van der Waals surface area contributed by atoms with E-state index in [1.54, 1.807) is 36.4 Å². The monoisotopic (exact) mass is 377 g/mol. The van der Waals surface area contributed by atoms with Crippen LogP contribution in [0.1, 0.15) is 12.7 Å². The molecular formula is C22H19NO5. The van der Waals surface area contributed by atoms with E-state index in [0.29, 0.717) is 17.2 Å². The van der Waals surface area contributed by atoms with Gasteiger partial charge in [-0.15, -0.1) is 0 Å². The fourth-order valence-electron chi connectivity index (χ4n) is 2.28. The van der Waals surface area contributed by atoms with Gasteiger partial charge < -0.3 is 19.2 Å². The largest absolute Gasteiger partial charge is 0.465 e.